The molecule has 0 heterocycles. The smallest absolute Gasteiger partial charge is 0.0601 e. The van der Waals surface area contributed by atoms with Crippen LogP contribution in [0.4, 0.5) is 0 Å². The number of halogens is 3. The molecule has 0 bridgehead atoms. The highest BCUT2D eigenvalue weighted by atomic mass is 127. The fourth-order valence-corrected chi connectivity index (χ4v) is 3.25. The lowest BCUT2D eigenvalue weighted by Gasteiger charge is -2.21. The van der Waals surface area contributed by atoms with E-state index >= 15 is 0 Å². The first-order chi connectivity index (χ1) is 9.13. The molecule has 0 aliphatic carbocycles. The normalized spacial score (nSPS) is 12.4. The quantitative estimate of drug-likeness (QED) is 0.680. The van der Waals surface area contributed by atoms with Crippen LogP contribution in [-0.4, -0.2) is 6.54 Å². The second-order valence-electron chi connectivity index (χ2n) is 4.18. The van der Waals surface area contributed by atoms with E-state index in [0.29, 0.717) is 10.0 Å². The molecule has 1 atom stereocenters. The molecule has 0 amide bonds. The summed E-state index contributed by atoms with van der Waals surface area (Å²) in [5.41, 5.74) is 2.28. The lowest BCUT2D eigenvalue weighted by Crippen LogP contribution is -2.23. The molecule has 2 rings (SSSR count). The van der Waals surface area contributed by atoms with Gasteiger partial charge < -0.3 is 5.32 Å². The van der Waals surface area contributed by atoms with E-state index in [2.05, 4.69) is 47.0 Å². The Balaban J connectivity index is 2.48. The Bertz CT molecular complexity index is 572. The minimum absolute atomic E-state index is 0.0860. The minimum atomic E-state index is 0.0860. The molecule has 0 saturated heterocycles. The van der Waals surface area contributed by atoms with Gasteiger partial charge in [-0.05, 0) is 58.5 Å². The van der Waals surface area contributed by atoms with Crippen molar-refractivity contribution in [2.45, 2.75) is 13.0 Å². The number of rotatable bonds is 4. The van der Waals surface area contributed by atoms with Gasteiger partial charge in [0.15, 0.2) is 0 Å². The molecule has 100 valence electrons. The van der Waals surface area contributed by atoms with Gasteiger partial charge >= 0.3 is 0 Å². The van der Waals surface area contributed by atoms with Gasteiger partial charge in [0.05, 0.1) is 6.04 Å². The standard InChI is InChI=1S/C15H14Cl2IN/c1-2-19-15(12-5-3-4-6-14(12)18)11-8-7-10(16)9-13(11)17/h3-9,15,19H,2H2,1H3. The summed E-state index contributed by atoms with van der Waals surface area (Å²) in [5.74, 6) is 0. The summed E-state index contributed by atoms with van der Waals surface area (Å²) in [5, 5.41) is 4.84. The van der Waals surface area contributed by atoms with E-state index in [-0.39, 0.29) is 6.04 Å². The van der Waals surface area contributed by atoms with E-state index < -0.39 is 0 Å². The van der Waals surface area contributed by atoms with Crippen molar-refractivity contribution < 1.29 is 0 Å². The van der Waals surface area contributed by atoms with Crippen LogP contribution >= 0.6 is 45.8 Å². The maximum Gasteiger partial charge on any atom is 0.0601 e. The highest BCUT2D eigenvalue weighted by Gasteiger charge is 2.18. The molecule has 0 spiro atoms. The summed E-state index contributed by atoms with van der Waals surface area (Å²) in [6.07, 6.45) is 0. The maximum atomic E-state index is 6.34. The summed E-state index contributed by atoms with van der Waals surface area (Å²) in [6.45, 7) is 2.96. The SMILES string of the molecule is CCNC(c1ccc(Cl)cc1Cl)c1ccccc1I. The summed E-state index contributed by atoms with van der Waals surface area (Å²) in [4.78, 5) is 0. The molecule has 2 aromatic carbocycles. The second kappa shape index (κ2) is 6.93. The molecule has 1 unspecified atom stereocenters. The lowest BCUT2D eigenvalue weighted by molar-refractivity contribution is 0.628. The number of hydrogen-bond acceptors (Lipinski definition) is 1. The van der Waals surface area contributed by atoms with Gasteiger partial charge in [-0.2, -0.15) is 0 Å². The predicted octanol–water partition coefficient (Wildman–Crippen LogP) is 5.30. The summed E-state index contributed by atoms with van der Waals surface area (Å²) in [7, 11) is 0. The Kier molecular flexibility index (Phi) is 5.51. The van der Waals surface area contributed by atoms with E-state index in [0.717, 1.165) is 12.1 Å². The largest absolute Gasteiger partial charge is 0.306 e. The Morgan fingerprint density at radius 1 is 1.11 bits per heavy atom. The Labute approximate surface area is 137 Å². The first kappa shape index (κ1) is 15.1. The number of hydrogen-bond donors (Lipinski definition) is 1. The average molecular weight is 406 g/mol. The molecule has 4 heteroatoms. The molecule has 0 fully saturated rings. The fourth-order valence-electron chi connectivity index (χ4n) is 2.04. The molecular formula is C15H14Cl2IN. The number of nitrogens with one attached hydrogen (secondary N) is 1. The van der Waals surface area contributed by atoms with Crippen LogP contribution in [0.1, 0.15) is 24.1 Å². The molecule has 19 heavy (non-hydrogen) atoms. The van der Waals surface area contributed by atoms with Crippen molar-refractivity contribution >= 4 is 45.8 Å². The highest BCUT2D eigenvalue weighted by molar-refractivity contribution is 14.1. The average Bonchev–Trinajstić information content (AvgIpc) is 2.38. The third kappa shape index (κ3) is 3.63. The third-order valence-electron chi connectivity index (χ3n) is 2.90. The van der Waals surface area contributed by atoms with Crippen molar-refractivity contribution in [3.63, 3.8) is 0 Å². The maximum absolute atomic E-state index is 6.34. The van der Waals surface area contributed by atoms with Crippen LogP contribution in [0, 0.1) is 3.57 Å². The first-order valence-electron chi connectivity index (χ1n) is 6.06. The molecule has 2 aromatic rings. The van der Waals surface area contributed by atoms with Gasteiger partial charge in [0.2, 0.25) is 0 Å². The number of benzene rings is 2. The zero-order valence-electron chi connectivity index (χ0n) is 10.5. The van der Waals surface area contributed by atoms with Crippen molar-refractivity contribution in [1.29, 1.82) is 0 Å². The summed E-state index contributed by atoms with van der Waals surface area (Å²) in [6, 6.07) is 14.1. The van der Waals surface area contributed by atoms with Gasteiger partial charge in [0, 0.05) is 13.6 Å². The molecule has 0 aromatic heterocycles. The molecule has 0 saturated carbocycles. The monoisotopic (exact) mass is 405 g/mol. The van der Waals surface area contributed by atoms with Crippen LogP contribution in [0.5, 0.6) is 0 Å². The molecule has 0 aliphatic heterocycles. The topological polar surface area (TPSA) is 12.0 Å². The Morgan fingerprint density at radius 2 is 1.84 bits per heavy atom. The zero-order valence-corrected chi connectivity index (χ0v) is 14.1. The van der Waals surface area contributed by atoms with E-state index in [1.54, 1.807) is 6.07 Å². The van der Waals surface area contributed by atoms with Crippen LogP contribution in [-0.2, 0) is 0 Å². The van der Waals surface area contributed by atoms with Crippen molar-refractivity contribution in [2.24, 2.45) is 0 Å². The Morgan fingerprint density at radius 3 is 2.47 bits per heavy atom. The molecule has 1 N–H and O–H groups in total. The Hall–Kier alpha value is -0.290. The van der Waals surface area contributed by atoms with Crippen LogP contribution < -0.4 is 5.32 Å². The van der Waals surface area contributed by atoms with Crippen LogP contribution in [0.25, 0.3) is 0 Å². The van der Waals surface area contributed by atoms with E-state index in [1.807, 2.05) is 24.3 Å². The van der Waals surface area contributed by atoms with Gasteiger partial charge in [-0.3, -0.25) is 0 Å². The predicted molar refractivity (Wildman–Crippen MR) is 91.1 cm³/mol. The van der Waals surface area contributed by atoms with Gasteiger partial charge in [0.1, 0.15) is 0 Å². The second-order valence-corrected chi connectivity index (χ2v) is 6.18. The van der Waals surface area contributed by atoms with Gasteiger partial charge in [0.25, 0.3) is 0 Å². The molecule has 0 radical (unpaired) electrons. The summed E-state index contributed by atoms with van der Waals surface area (Å²) >= 11 is 14.7. The van der Waals surface area contributed by atoms with E-state index in [4.69, 9.17) is 23.2 Å². The lowest BCUT2D eigenvalue weighted by atomic mass is 9.98. The van der Waals surface area contributed by atoms with Crippen molar-refractivity contribution in [3.8, 4) is 0 Å². The minimum Gasteiger partial charge on any atom is -0.306 e. The first-order valence-corrected chi connectivity index (χ1v) is 7.89. The van der Waals surface area contributed by atoms with Crippen LogP contribution in [0.3, 0.4) is 0 Å². The van der Waals surface area contributed by atoms with Gasteiger partial charge in [-0.15, -0.1) is 0 Å². The van der Waals surface area contributed by atoms with Crippen LogP contribution in [0.15, 0.2) is 42.5 Å². The third-order valence-corrected chi connectivity index (χ3v) is 4.44. The molecule has 0 aliphatic rings. The zero-order chi connectivity index (χ0) is 13.8. The van der Waals surface area contributed by atoms with Gasteiger partial charge in [-0.25, -0.2) is 0 Å². The fraction of sp³-hybridized carbons (Fsp3) is 0.200. The van der Waals surface area contributed by atoms with Crippen molar-refractivity contribution in [1.82, 2.24) is 5.32 Å². The van der Waals surface area contributed by atoms with E-state index in [1.165, 1.54) is 9.13 Å². The van der Waals surface area contributed by atoms with Crippen LogP contribution in [0.2, 0.25) is 10.0 Å². The molecular weight excluding hydrogens is 392 g/mol. The van der Waals surface area contributed by atoms with Gasteiger partial charge in [-0.1, -0.05) is 54.4 Å². The van der Waals surface area contributed by atoms with E-state index in [9.17, 15) is 0 Å². The highest BCUT2D eigenvalue weighted by Crippen LogP contribution is 2.32. The van der Waals surface area contributed by atoms with Crippen molar-refractivity contribution in [2.75, 3.05) is 6.54 Å². The molecule has 1 nitrogen and oxygen atoms in total. The van der Waals surface area contributed by atoms with Crippen molar-refractivity contribution in [3.05, 3.63) is 67.2 Å². The summed E-state index contributed by atoms with van der Waals surface area (Å²) < 4.78 is 1.22.